The van der Waals surface area contributed by atoms with E-state index in [2.05, 4.69) is 84.0 Å². The van der Waals surface area contributed by atoms with E-state index in [1.807, 2.05) is 0 Å². The third kappa shape index (κ3) is 5.85. The van der Waals surface area contributed by atoms with E-state index in [-0.39, 0.29) is 17.6 Å². The van der Waals surface area contributed by atoms with Gasteiger partial charge in [0, 0.05) is 5.92 Å². The highest BCUT2D eigenvalue weighted by Gasteiger charge is 2.60. The molecule has 3 aliphatic rings. The molecule has 35 heavy (non-hydrogen) atoms. The molecule has 0 aromatic heterocycles. The Morgan fingerprint density at radius 2 is 1.43 bits per heavy atom. The van der Waals surface area contributed by atoms with Crippen LogP contribution in [-0.2, 0) is 13.3 Å². The van der Waals surface area contributed by atoms with Gasteiger partial charge in [0.2, 0.25) is 0 Å². The van der Waals surface area contributed by atoms with Crippen molar-refractivity contribution in [2.75, 3.05) is 7.11 Å². The smallest absolute Gasteiger partial charge is 0.184 e. The van der Waals surface area contributed by atoms with E-state index in [1.165, 1.54) is 24.0 Å². The summed E-state index contributed by atoms with van der Waals surface area (Å²) in [6, 6.07) is 6.74. The molecule has 1 aromatic rings. The number of hydrogen-bond acceptors (Lipinski definition) is 4. The Balaban J connectivity index is 1.81. The fourth-order valence-corrected chi connectivity index (χ4v) is 10.9. The van der Waals surface area contributed by atoms with Crippen molar-refractivity contribution in [2.24, 2.45) is 17.3 Å². The second-order valence-electron chi connectivity index (χ2n) is 14.5. The number of benzene rings is 1. The van der Waals surface area contributed by atoms with Gasteiger partial charge in [0.05, 0.1) is 25.4 Å². The van der Waals surface area contributed by atoms with Crippen LogP contribution in [0.4, 0.5) is 0 Å². The zero-order valence-corrected chi connectivity index (χ0v) is 27.2. The molecule has 0 unspecified atom stereocenters. The largest absolute Gasteiger partial charge is 0.497 e. The van der Waals surface area contributed by atoms with Gasteiger partial charge >= 0.3 is 0 Å². The minimum atomic E-state index is -1.74. The van der Waals surface area contributed by atoms with Crippen molar-refractivity contribution in [3.63, 3.8) is 0 Å². The molecule has 0 aliphatic heterocycles. The lowest BCUT2D eigenvalue weighted by atomic mass is 9.54. The van der Waals surface area contributed by atoms with Gasteiger partial charge in [-0.2, -0.15) is 0 Å². The number of ether oxygens (including phenoxy) is 1. The third-order valence-electron chi connectivity index (χ3n) is 8.32. The van der Waals surface area contributed by atoms with E-state index in [1.54, 1.807) is 7.11 Å². The van der Waals surface area contributed by atoms with Crippen molar-refractivity contribution in [1.29, 1.82) is 0 Å². The summed E-state index contributed by atoms with van der Waals surface area (Å²) in [4.78, 5) is 0. The first-order valence-electron chi connectivity index (χ1n) is 13.7. The standard InChI is InChI=1S/C28H50O4Si3/c1-28-18-25(31-34(6,7)8)27-20-13-12-19(29-2)16-21(20)24(30-33(3,4)5)17-22(27)23(28)14-15-26(28)32-35(9,10)11/h12-13,16,22-27H,14-15,17-18H2,1-11H3/t22-,23-,24-,25-,26-,27+,28-/m0/s1. The van der Waals surface area contributed by atoms with Crippen molar-refractivity contribution < 1.29 is 18.0 Å². The molecular formula is C28H50O4Si3. The van der Waals surface area contributed by atoms with Gasteiger partial charge in [0.1, 0.15) is 5.75 Å². The third-order valence-corrected chi connectivity index (χ3v) is 11.3. The summed E-state index contributed by atoms with van der Waals surface area (Å²) in [6.07, 6.45) is 5.35. The van der Waals surface area contributed by atoms with Crippen LogP contribution in [0.1, 0.15) is 55.8 Å². The summed E-state index contributed by atoms with van der Waals surface area (Å²) in [5.41, 5.74) is 2.96. The molecule has 0 saturated heterocycles. The Labute approximate surface area is 217 Å². The lowest BCUT2D eigenvalue weighted by Gasteiger charge is -2.56. The maximum Gasteiger partial charge on any atom is 0.184 e. The maximum absolute atomic E-state index is 7.08. The summed E-state index contributed by atoms with van der Waals surface area (Å²) in [6.45, 7) is 23.5. The van der Waals surface area contributed by atoms with Crippen LogP contribution in [-0.4, -0.2) is 44.3 Å². The number of rotatable bonds is 7. The quantitative estimate of drug-likeness (QED) is 0.333. The first-order chi connectivity index (χ1) is 16.0. The fourth-order valence-electron chi connectivity index (χ4n) is 7.41. The molecule has 7 heteroatoms. The number of hydrogen-bond donors (Lipinski definition) is 0. The monoisotopic (exact) mass is 534 g/mol. The SMILES string of the molecule is COc1ccc2c(c1)[C@@H](O[Si](C)(C)C)C[C@@H]1[C@@H]2[C@@H](O[Si](C)(C)C)C[C@]2(C)[C@@H](O[Si](C)(C)C)CC[C@@H]12. The number of methoxy groups -OCH3 is 1. The average Bonchev–Trinajstić information content (AvgIpc) is 2.99. The van der Waals surface area contributed by atoms with E-state index in [4.69, 9.17) is 18.0 Å². The average molecular weight is 535 g/mol. The Kier molecular flexibility index (Phi) is 7.39. The van der Waals surface area contributed by atoms with E-state index < -0.39 is 25.0 Å². The van der Waals surface area contributed by atoms with Gasteiger partial charge in [0.15, 0.2) is 25.0 Å². The summed E-state index contributed by atoms with van der Waals surface area (Å²) in [7, 11) is -3.35. The predicted molar refractivity (Wildman–Crippen MR) is 153 cm³/mol. The Morgan fingerprint density at radius 1 is 0.800 bits per heavy atom. The molecule has 4 nitrogen and oxygen atoms in total. The van der Waals surface area contributed by atoms with Gasteiger partial charge in [-0.3, -0.25) is 0 Å². The minimum Gasteiger partial charge on any atom is -0.497 e. The van der Waals surface area contributed by atoms with Gasteiger partial charge in [-0.25, -0.2) is 0 Å². The van der Waals surface area contributed by atoms with Crippen LogP contribution in [0.15, 0.2) is 18.2 Å². The first-order valence-corrected chi connectivity index (χ1v) is 23.9. The molecule has 0 spiro atoms. The van der Waals surface area contributed by atoms with Crippen LogP contribution < -0.4 is 4.74 Å². The molecule has 4 rings (SSSR count). The van der Waals surface area contributed by atoms with Gasteiger partial charge in [-0.1, -0.05) is 13.0 Å². The highest BCUT2D eigenvalue weighted by Crippen LogP contribution is 2.64. The van der Waals surface area contributed by atoms with Crippen LogP contribution in [0, 0.1) is 17.3 Å². The summed E-state index contributed by atoms with van der Waals surface area (Å²) in [5, 5.41) is 0. The lowest BCUT2D eigenvalue weighted by molar-refractivity contribution is -0.0792. The van der Waals surface area contributed by atoms with Crippen LogP contribution in [0.2, 0.25) is 58.9 Å². The van der Waals surface area contributed by atoms with Crippen LogP contribution in [0.25, 0.3) is 0 Å². The normalized spacial score (nSPS) is 35.3. The van der Waals surface area contributed by atoms with Crippen molar-refractivity contribution in [3.8, 4) is 5.75 Å². The van der Waals surface area contributed by atoms with Gasteiger partial charge in [-0.15, -0.1) is 0 Å². The zero-order chi connectivity index (χ0) is 26.0. The molecule has 7 atom stereocenters. The fraction of sp³-hybridized carbons (Fsp3) is 0.786. The Hall–Kier alpha value is -0.449. The Morgan fingerprint density at radius 3 is 2.00 bits per heavy atom. The van der Waals surface area contributed by atoms with E-state index in [9.17, 15) is 0 Å². The summed E-state index contributed by atoms with van der Waals surface area (Å²) >= 11 is 0. The van der Waals surface area contributed by atoms with Crippen LogP contribution in [0.5, 0.6) is 5.75 Å². The van der Waals surface area contributed by atoms with Gasteiger partial charge in [-0.05, 0) is 125 Å². The molecule has 0 N–H and O–H groups in total. The first kappa shape index (κ1) is 27.6. The minimum absolute atomic E-state index is 0.139. The molecule has 3 aliphatic carbocycles. The second kappa shape index (κ2) is 9.38. The molecule has 0 amide bonds. The summed E-state index contributed by atoms with van der Waals surface area (Å²) < 4.78 is 26.5. The van der Waals surface area contributed by atoms with Gasteiger partial charge in [0.25, 0.3) is 0 Å². The van der Waals surface area contributed by atoms with Crippen molar-refractivity contribution in [3.05, 3.63) is 29.3 Å². The van der Waals surface area contributed by atoms with Crippen LogP contribution in [0.3, 0.4) is 0 Å². The summed E-state index contributed by atoms with van der Waals surface area (Å²) in [5.74, 6) is 2.57. The highest BCUT2D eigenvalue weighted by molar-refractivity contribution is 6.70. The van der Waals surface area contributed by atoms with Crippen molar-refractivity contribution >= 4 is 25.0 Å². The molecule has 1 aromatic carbocycles. The molecule has 0 bridgehead atoms. The van der Waals surface area contributed by atoms with E-state index in [0.717, 1.165) is 18.6 Å². The van der Waals surface area contributed by atoms with E-state index in [0.29, 0.717) is 23.9 Å². The predicted octanol–water partition coefficient (Wildman–Crippen LogP) is 7.95. The molecule has 0 radical (unpaired) electrons. The van der Waals surface area contributed by atoms with E-state index >= 15 is 0 Å². The molecule has 2 fully saturated rings. The number of fused-ring (bicyclic) bond motifs is 5. The van der Waals surface area contributed by atoms with Crippen molar-refractivity contribution in [2.45, 2.75) is 116 Å². The van der Waals surface area contributed by atoms with Gasteiger partial charge < -0.3 is 18.0 Å². The molecule has 198 valence electrons. The van der Waals surface area contributed by atoms with Crippen molar-refractivity contribution in [1.82, 2.24) is 0 Å². The lowest BCUT2D eigenvalue weighted by Crippen LogP contribution is -2.54. The molecule has 0 heterocycles. The zero-order valence-electron chi connectivity index (χ0n) is 24.2. The molecule has 2 saturated carbocycles. The van der Waals surface area contributed by atoms with Crippen LogP contribution >= 0.6 is 0 Å². The highest BCUT2D eigenvalue weighted by atomic mass is 28.4. The molecular weight excluding hydrogens is 485 g/mol. The topological polar surface area (TPSA) is 36.9 Å². The maximum atomic E-state index is 7.08. The second-order valence-corrected chi connectivity index (χ2v) is 27.9. The Bertz CT molecular complexity index is 916.